The number of aromatic nitrogens is 1. The second-order valence-electron chi connectivity index (χ2n) is 6.45. The number of sulfonamides is 1. The van der Waals surface area contributed by atoms with E-state index in [1.165, 1.54) is 4.31 Å². The van der Waals surface area contributed by atoms with Crippen molar-refractivity contribution in [3.05, 3.63) is 95.3 Å². The second kappa shape index (κ2) is 7.70. The minimum absolute atomic E-state index is 0.0388. The van der Waals surface area contributed by atoms with Crippen molar-refractivity contribution in [3.63, 3.8) is 0 Å². The lowest BCUT2D eigenvalue weighted by Gasteiger charge is -2.25. The van der Waals surface area contributed by atoms with Crippen molar-refractivity contribution < 1.29 is 8.42 Å². The summed E-state index contributed by atoms with van der Waals surface area (Å²) in [7, 11) is -3.55. The molecule has 134 valence electrons. The molecule has 0 saturated heterocycles. The fourth-order valence-corrected chi connectivity index (χ4v) is 4.42. The summed E-state index contributed by atoms with van der Waals surface area (Å²) in [5.74, 6) is -0.0388. The van der Waals surface area contributed by atoms with E-state index in [0.717, 1.165) is 22.3 Å². The molecule has 0 atom stereocenters. The highest BCUT2D eigenvalue weighted by Gasteiger charge is 2.23. The summed E-state index contributed by atoms with van der Waals surface area (Å²) in [5, 5.41) is 0. The molecule has 2 aromatic carbocycles. The first-order valence-electron chi connectivity index (χ1n) is 8.45. The van der Waals surface area contributed by atoms with Gasteiger partial charge >= 0.3 is 0 Å². The van der Waals surface area contributed by atoms with Crippen LogP contribution in [0.1, 0.15) is 22.3 Å². The van der Waals surface area contributed by atoms with Crippen LogP contribution in [0, 0.1) is 13.8 Å². The molecular formula is C21H22N2O2S. The van der Waals surface area contributed by atoms with E-state index in [0.29, 0.717) is 5.69 Å². The monoisotopic (exact) mass is 366 g/mol. The zero-order valence-electron chi connectivity index (χ0n) is 15.0. The van der Waals surface area contributed by atoms with E-state index in [-0.39, 0.29) is 12.3 Å². The normalized spacial score (nSPS) is 11.3. The minimum Gasteiger partial charge on any atom is -0.265 e. The maximum atomic E-state index is 13.2. The van der Waals surface area contributed by atoms with Gasteiger partial charge in [-0.05, 0) is 48.7 Å². The van der Waals surface area contributed by atoms with Gasteiger partial charge in [0.25, 0.3) is 0 Å². The SMILES string of the molecule is Cc1cccc(CS(=O)(=O)N(Cc2cccnc2)c2cccc(C)c2)c1. The summed E-state index contributed by atoms with van der Waals surface area (Å²) in [6, 6.07) is 18.9. The molecule has 3 aromatic rings. The van der Waals surface area contributed by atoms with E-state index < -0.39 is 10.0 Å². The van der Waals surface area contributed by atoms with E-state index in [1.54, 1.807) is 12.4 Å². The van der Waals surface area contributed by atoms with Gasteiger partial charge in [-0.3, -0.25) is 9.29 Å². The summed E-state index contributed by atoms with van der Waals surface area (Å²) in [5.41, 5.74) is 4.37. The van der Waals surface area contributed by atoms with E-state index in [4.69, 9.17) is 0 Å². The first-order chi connectivity index (χ1) is 12.4. The highest BCUT2D eigenvalue weighted by atomic mass is 32.2. The summed E-state index contributed by atoms with van der Waals surface area (Å²) in [6.45, 7) is 4.18. The van der Waals surface area contributed by atoms with Gasteiger partial charge in [-0.25, -0.2) is 8.42 Å². The van der Waals surface area contributed by atoms with E-state index in [2.05, 4.69) is 4.98 Å². The fraction of sp³-hybridized carbons (Fsp3) is 0.190. The molecule has 0 bridgehead atoms. The van der Waals surface area contributed by atoms with Gasteiger partial charge in [0, 0.05) is 12.4 Å². The Hall–Kier alpha value is -2.66. The molecule has 0 fully saturated rings. The van der Waals surface area contributed by atoms with Gasteiger partial charge in [0.05, 0.1) is 18.0 Å². The third-order valence-electron chi connectivity index (χ3n) is 4.11. The number of nitrogens with zero attached hydrogens (tertiary/aromatic N) is 2. The van der Waals surface area contributed by atoms with Gasteiger partial charge in [0.15, 0.2) is 0 Å². The molecule has 0 aliphatic carbocycles. The number of benzene rings is 2. The van der Waals surface area contributed by atoms with Crippen LogP contribution in [-0.4, -0.2) is 13.4 Å². The van der Waals surface area contributed by atoms with Crippen LogP contribution in [-0.2, 0) is 22.3 Å². The highest BCUT2D eigenvalue weighted by molar-refractivity contribution is 7.92. The van der Waals surface area contributed by atoms with Crippen LogP contribution in [0.2, 0.25) is 0 Å². The van der Waals surface area contributed by atoms with Crippen molar-refractivity contribution in [2.75, 3.05) is 4.31 Å². The minimum atomic E-state index is -3.55. The molecule has 0 aliphatic heterocycles. The summed E-state index contributed by atoms with van der Waals surface area (Å²) >= 11 is 0. The Morgan fingerprint density at radius 2 is 1.58 bits per heavy atom. The molecule has 0 aliphatic rings. The lowest BCUT2D eigenvalue weighted by atomic mass is 10.2. The van der Waals surface area contributed by atoms with Crippen molar-refractivity contribution in [2.24, 2.45) is 0 Å². The standard InChI is InChI=1S/C21H22N2O2S/c1-17-6-3-8-19(12-17)16-26(24,25)23(15-20-9-5-11-22-14-20)21-10-4-7-18(2)13-21/h3-14H,15-16H2,1-2H3. The largest absolute Gasteiger partial charge is 0.265 e. The van der Waals surface area contributed by atoms with Crippen molar-refractivity contribution >= 4 is 15.7 Å². The van der Waals surface area contributed by atoms with Gasteiger partial charge in [-0.2, -0.15) is 0 Å². The zero-order chi connectivity index (χ0) is 18.6. The molecule has 0 spiro atoms. The van der Waals surface area contributed by atoms with E-state index in [9.17, 15) is 8.42 Å². The van der Waals surface area contributed by atoms with Crippen molar-refractivity contribution in [1.29, 1.82) is 0 Å². The molecule has 5 heteroatoms. The molecule has 26 heavy (non-hydrogen) atoms. The topological polar surface area (TPSA) is 50.3 Å². The average molecular weight is 366 g/mol. The molecule has 1 heterocycles. The van der Waals surface area contributed by atoms with Crippen molar-refractivity contribution in [3.8, 4) is 0 Å². The fourth-order valence-electron chi connectivity index (χ4n) is 2.88. The Labute approximate surface area is 155 Å². The van der Waals surface area contributed by atoms with Gasteiger partial charge in [-0.15, -0.1) is 0 Å². The second-order valence-corrected chi connectivity index (χ2v) is 8.35. The van der Waals surface area contributed by atoms with Crippen LogP contribution in [0.4, 0.5) is 5.69 Å². The number of hydrogen-bond donors (Lipinski definition) is 0. The summed E-state index contributed by atoms with van der Waals surface area (Å²) in [6.07, 6.45) is 3.38. The molecule has 3 rings (SSSR count). The van der Waals surface area contributed by atoms with Crippen LogP contribution in [0.15, 0.2) is 73.1 Å². The molecule has 4 nitrogen and oxygen atoms in total. The maximum Gasteiger partial charge on any atom is 0.239 e. The molecule has 0 radical (unpaired) electrons. The van der Waals surface area contributed by atoms with Crippen LogP contribution >= 0.6 is 0 Å². The number of pyridine rings is 1. The van der Waals surface area contributed by atoms with Crippen LogP contribution in [0.3, 0.4) is 0 Å². The Balaban J connectivity index is 1.98. The Kier molecular flexibility index (Phi) is 5.38. The first kappa shape index (κ1) is 18.1. The molecule has 0 amide bonds. The smallest absolute Gasteiger partial charge is 0.239 e. The molecule has 0 saturated carbocycles. The Morgan fingerprint density at radius 3 is 2.23 bits per heavy atom. The third kappa shape index (κ3) is 4.49. The maximum absolute atomic E-state index is 13.2. The number of rotatable bonds is 6. The van der Waals surface area contributed by atoms with Crippen LogP contribution < -0.4 is 4.31 Å². The predicted octanol–water partition coefficient (Wildman–Crippen LogP) is 4.24. The lowest BCUT2D eigenvalue weighted by molar-refractivity contribution is 0.589. The average Bonchev–Trinajstić information content (AvgIpc) is 2.60. The van der Waals surface area contributed by atoms with Crippen molar-refractivity contribution in [2.45, 2.75) is 26.1 Å². The predicted molar refractivity (Wildman–Crippen MR) is 105 cm³/mol. The Bertz CT molecular complexity index is 986. The van der Waals surface area contributed by atoms with E-state index >= 15 is 0 Å². The highest BCUT2D eigenvalue weighted by Crippen LogP contribution is 2.24. The van der Waals surface area contributed by atoms with Gasteiger partial charge in [0.1, 0.15) is 0 Å². The zero-order valence-corrected chi connectivity index (χ0v) is 15.8. The summed E-state index contributed by atoms with van der Waals surface area (Å²) in [4.78, 5) is 4.11. The molecule has 1 aromatic heterocycles. The number of hydrogen-bond acceptors (Lipinski definition) is 3. The molecule has 0 unspecified atom stereocenters. The molecular weight excluding hydrogens is 344 g/mol. The number of anilines is 1. The van der Waals surface area contributed by atoms with E-state index in [1.807, 2.05) is 74.5 Å². The van der Waals surface area contributed by atoms with Crippen LogP contribution in [0.5, 0.6) is 0 Å². The van der Waals surface area contributed by atoms with Gasteiger partial charge < -0.3 is 0 Å². The molecule has 0 N–H and O–H groups in total. The quantitative estimate of drug-likeness (QED) is 0.656. The van der Waals surface area contributed by atoms with Crippen LogP contribution in [0.25, 0.3) is 0 Å². The summed E-state index contributed by atoms with van der Waals surface area (Å²) < 4.78 is 27.9. The van der Waals surface area contributed by atoms with Gasteiger partial charge in [-0.1, -0.05) is 48.0 Å². The third-order valence-corrected chi connectivity index (χ3v) is 5.82. The first-order valence-corrected chi connectivity index (χ1v) is 10.1. The van der Waals surface area contributed by atoms with Crippen molar-refractivity contribution in [1.82, 2.24) is 4.98 Å². The lowest BCUT2D eigenvalue weighted by Crippen LogP contribution is -2.31. The number of aryl methyl sites for hydroxylation is 2. The van der Waals surface area contributed by atoms with Gasteiger partial charge in [0.2, 0.25) is 10.0 Å². The Morgan fingerprint density at radius 1 is 0.885 bits per heavy atom.